The first-order chi connectivity index (χ1) is 9.86. The topological polar surface area (TPSA) is 107 Å². The molecular weight excluding hydrogens is 314 g/mol. The van der Waals surface area contributed by atoms with Gasteiger partial charge in [0, 0.05) is 30.6 Å². The number of benzene rings is 1. The van der Waals surface area contributed by atoms with Gasteiger partial charge in [-0.15, -0.1) is 11.3 Å². The Kier molecular flexibility index (Phi) is 4.26. The number of nitro groups is 1. The zero-order valence-corrected chi connectivity index (χ0v) is 12.7. The van der Waals surface area contributed by atoms with Crippen LogP contribution in [0.4, 0.5) is 11.4 Å². The van der Waals surface area contributed by atoms with Crippen molar-refractivity contribution in [1.82, 2.24) is 0 Å². The third-order valence-corrected chi connectivity index (χ3v) is 6.24. The van der Waals surface area contributed by atoms with E-state index >= 15 is 0 Å². The van der Waals surface area contributed by atoms with Gasteiger partial charge in [0.2, 0.25) is 0 Å². The van der Waals surface area contributed by atoms with E-state index in [2.05, 4.69) is 0 Å². The Morgan fingerprint density at radius 1 is 1.24 bits per heavy atom. The van der Waals surface area contributed by atoms with Crippen molar-refractivity contribution >= 4 is 32.7 Å². The number of nitrogens with two attached hydrogens (primary N) is 1. The van der Waals surface area contributed by atoms with Gasteiger partial charge in [0.1, 0.15) is 4.21 Å². The molecule has 0 saturated carbocycles. The molecule has 0 saturated heterocycles. The zero-order valence-electron chi connectivity index (χ0n) is 11.1. The molecule has 1 aromatic carbocycles. The molecule has 0 aliphatic rings. The molecular formula is C12H13N3O4S2. The van der Waals surface area contributed by atoms with Crippen LogP contribution in [-0.2, 0) is 16.6 Å². The van der Waals surface area contributed by atoms with Crippen molar-refractivity contribution in [3.8, 4) is 0 Å². The fourth-order valence-corrected chi connectivity index (χ4v) is 4.27. The van der Waals surface area contributed by atoms with Gasteiger partial charge in [0.25, 0.3) is 15.7 Å². The highest BCUT2D eigenvalue weighted by Crippen LogP contribution is 2.28. The minimum Gasteiger partial charge on any atom is -0.326 e. The highest BCUT2D eigenvalue weighted by Gasteiger charge is 2.23. The largest absolute Gasteiger partial charge is 0.326 e. The lowest BCUT2D eigenvalue weighted by Gasteiger charge is -2.18. The first-order valence-corrected chi connectivity index (χ1v) is 8.14. The van der Waals surface area contributed by atoms with Gasteiger partial charge in [-0.3, -0.25) is 14.4 Å². The van der Waals surface area contributed by atoms with E-state index in [-0.39, 0.29) is 16.4 Å². The number of hydrogen-bond donors (Lipinski definition) is 1. The SMILES string of the molecule is CN(c1ccc([N+](=O)[O-])cc1)S(=O)(=O)c1ccc(CN)s1. The summed E-state index contributed by atoms with van der Waals surface area (Å²) in [5, 5.41) is 10.6. The van der Waals surface area contributed by atoms with Crippen LogP contribution in [0, 0.1) is 10.1 Å². The molecule has 2 N–H and O–H groups in total. The number of anilines is 1. The van der Waals surface area contributed by atoms with Gasteiger partial charge in [0.05, 0.1) is 10.6 Å². The summed E-state index contributed by atoms with van der Waals surface area (Å²) in [5.41, 5.74) is 5.74. The van der Waals surface area contributed by atoms with Crippen LogP contribution in [0.25, 0.3) is 0 Å². The summed E-state index contributed by atoms with van der Waals surface area (Å²) < 4.78 is 26.2. The minimum atomic E-state index is -3.69. The van der Waals surface area contributed by atoms with Gasteiger partial charge in [-0.05, 0) is 24.3 Å². The number of nitro benzene ring substituents is 1. The van der Waals surface area contributed by atoms with Crippen molar-refractivity contribution in [3.63, 3.8) is 0 Å². The lowest BCUT2D eigenvalue weighted by Crippen LogP contribution is -2.25. The maximum atomic E-state index is 12.4. The maximum Gasteiger partial charge on any atom is 0.273 e. The highest BCUT2D eigenvalue weighted by atomic mass is 32.2. The summed E-state index contributed by atoms with van der Waals surface area (Å²) in [6, 6.07) is 8.49. The molecule has 0 radical (unpaired) electrons. The zero-order chi connectivity index (χ0) is 15.6. The molecule has 0 unspecified atom stereocenters. The normalized spacial score (nSPS) is 11.3. The Hall–Kier alpha value is -1.97. The molecule has 7 nitrogen and oxygen atoms in total. The van der Waals surface area contributed by atoms with E-state index in [1.807, 2.05) is 0 Å². The quantitative estimate of drug-likeness (QED) is 0.667. The van der Waals surface area contributed by atoms with Gasteiger partial charge in [-0.1, -0.05) is 0 Å². The second-order valence-electron chi connectivity index (χ2n) is 4.17. The number of sulfonamides is 1. The van der Waals surface area contributed by atoms with Crippen LogP contribution in [-0.4, -0.2) is 20.4 Å². The molecule has 21 heavy (non-hydrogen) atoms. The summed E-state index contributed by atoms with van der Waals surface area (Å²) >= 11 is 1.11. The Morgan fingerprint density at radius 2 is 1.86 bits per heavy atom. The number of non-ortho nitro benzene ring substituents is 1. The van der Waals surface area contributed by atoms with E-state index in [0.717, 1.165) is 20.5 Å². The molecule has 0 aliphatic heterocycles. The molecule has 1 aromatic heterocycles. The van der Waals surface area contributed by atoms with Crippen LogP contribution < -0.4 is 10.0 Å². The van der Waals surface area contributed by atoms with E-state index < -0.39 is 14.9 Å². The molecule has 2 aromatic rings. The first-order valence-electron chi connectivity index (χ1n) is 5.88. The molecule has 0 amide bonds. The molecule has 112 valence electrons. The van der Waals surface area contributed by atoms with Crippen molar-refractivity contribution in [2.24, 2.45) is 5.73 Å². The van der Waals surface area contributed by atoms with E-state index in [4.69, 9.17) is 5.73 Å². The van der Waals surface area contributed by atoms with Crippen LogP contribution in [0.3, 0.4) is 0 Å². The van der Waals surface area contributed by atoms with E-state index in [0.29, 0.717) is 5.69 Å². The van der Waals surface area contributed by atoms with Crippen molar-refractivity contribution in [2.75, 3.05) is 11.4 Å². The molecule has 0 aliphatic carbocycles. The molecule has 1 heterocycles. The van der Waals surface area contributed by atoms with Crippen LogP contribution in [0.2, 0.25) is 0 Å². The van der Waals surface area contributed by atoms with Gasteiger partial charge >= 0.3 is 0 Å². The van der Waals surface area contributed by atoms with E-state index in [1.54, 1.807) is 6.07 Å². The molecule has 0 bridgehead atoms. The molecule has 0 atom stereocenters. The van der Waals surface area contributed by atoms with Gasteiger partial charge in [-0.2, -0.15) is 0 Å². The van der Waals surface area contributed by atoms with Crippen molar-refractivity contribution in [3.05, 3.63) is 51.4 Å². The van der Waals surface area contributed by atoms with Crippen LogP contribution in [0.5, 0.6) is 0 Å². The number of hydrogen-bond acceptors (Lipinski definition) is 6. The smallest absolute Gasteiger partial charge is 0.273 e. The Bertz CT molecular complexity index is 753. The Labute approximate surface area is 125 Å². The summed E-state index contributed by atoms with van der Waals surface area (Å²) in [4.78, 5) is 10.8. The highest BCUT2D eigenvalue weighted by molar-refractivity contribution is 7.94. The molecule has 0 fully saturated rings. The second-order valence-corrected chi connectivity index (χ2v) is 7.54. The van der Waals surface area contributed by atoms with Crippen LogP contribution in [0.15, 0.2) is 40.6 Å². The number of nitrogens with zero attached hydrogens (tertiary/aromatic N) is 2. The molecule has 9 heteroatoms. The number of thiophene rings is 1. The van der Waals surface area contributed by atoms with Crippen molar-refractivity contribution in [2.45, 2.75) is 10.8 Å². The van der Waals surface area contributed by atoms with Gasteiger partial charge < -0.3 is 5.73 Å². The lowest BCUT2D eigenvalue weighted by molar-refractivity contribution is -0.384. The Balaban J connectivity index is 2.33. The van der Waals surface area contributed by atoms with Gasteiger partial charge in [-0.25, -0.2) is 8.42 Å². The van der Waals surface area contributed by atoms with E-state index in [9.17, 15) is 18.5 Å². The van der Waals surface area contributed by atoms with Crippen molar-refractivity contribution in [1.29, 1.82) is 0 Å². The number of rotatable bonds is 5. The maximum absolute atomic E-state index is 12.4. The predicted octanol–water partition coefficient (Wildman–Crippen LogP) is 1.94. The standard InChI is InChI=1S/C12H13N3O4S2/c1-14(9-2-4-10(5-3-9)15(16)17)21(18,19)12-7-6-11(8-13)20-12/h2-7H,8,13H2,1H3. The third-order valence-electron chi connectivity index (χ3n) is 2.88. The fourth-order valence-electron chi connectivity index (χ4n) is 1.66. The third kappa shape index (κ3) is 3.04. The van der Waals surface area contributed by atoms with Crippen LogP contribution >= 0.6 is 11.3 Å². The first kappa shape index (κ1) is 15.4. The molecule has 2 rings (SSSR count). The second kappa shape index (κ2) is 5.80. The van der Waals surface area contributed by atoms with Gasteiger partial charge in [0.15, 0.2) is 0 Å². The minimum absolute atomic E-state index is 0.0916. The monoisotopic (exact) mass is 327 g/mol. The summed E-state index contributed by atoms with van der Waals surface area (Å²) in [6.45, 7) is 0.279. The van der Waals surface area contributed by atoms with E-state index in [1.165, 1.54) is 37.4 Å². The lowest BCUT2D eigenvalue weighted by atomic mass is 10.3. The fraction of sp³-hybridized carbons (Fsp3) is 0.167. The van der Waals surface area contributed by atoms with Crippen molar-refractivity contribution < 1.29 is 13.3 Å². The molecule has 0 spiro atoms. The summed E-state index contributed by atoms with van der Waals surface area (Å²) in [6.07, 6.45) is 0. The summed E-state index contributed by atoms with van der Waals surface area (Å²) in [5.74, 6) is 0. The summed E-state index contributed by atoms with van der Waals surface area (Å²) in [7, 11) is -2.29. The average molecular weight is 327 g/mol. The van der Waals surface area contributed by atoms with Crippen LogP contribution in [0.1, 0.15) is 4.88 Å². The average Bonchev–Trinajstić information content (AvgIpc) is 2.96. The predicted molar refractivity (Wildman–Crippen MR) is 80.9 cm³/mol. The Morgan fingerprint density at radius 3 is 2.33 bits per heavy atom.